The van der Waals surface area contributed by atoms with E-state index in [4.69, 9.17) is 5.73 Å². The first kappa shape index (κ1) is 25.4. The van der Waals surface area contributed by atoms with Crippen LogP contribution in [0, 0.1) is 5.82 Å². The average Bonchev–Trinajstić information content (AvgIpc) is 3.22. The third kappa shape index (κ3) is 4.99. The van der Waals surface area contributed by atoms with Gasteiger partial charge in [0, 0.05) is 16.6 Å². The summed E-state index contributed by atoms with van der Waals surface area (Å²) in [5.41, 5.74) is 8.58. The molecule has 0 unspecified atom stereocenters. The first-order valence-electron chi connectivity index (χ1n) is 11.0. The fourth-order valence-electron chi connectivity index (χ4n) is 3.89. The summed E-state index contributed by atoms with van der Waals surface area (Å²) in [7, 11) is 0. The fraction of sp³-hybridized carbons (Fsp3) is 0.154. The zero-order valence-electron chi connectivity index (χ0n) is 19.1. The van der Waals surface area contributed by atoms with Crippen molar-refractivity contribution in [3.05, 3.63) is 83.1 Å². The van der Waals surface area contributed by atoms with Crippen molar-refractivity contribution >= 4 is 33.3 Å². The third-order valence-corrected chi connectivity index (χ3v) is 6.00. The van der Waals surface area contributed by atoms with Gasteiger partial charge in [0.15, 0.2) is 5.82 Å². The van der Waals surface area contributed by atoms with E-state index < -0.39 is 17.9 Å². The molecule has 3 aromatic carbocycles. The van der Waals surface area contributed by atoms with Crippen LogP contribution in [-0.2, 0) is 4.79 Å². The van der Waals surface area contributed by atoms with Crippen molar-refractivity contribution in [3.8, 4) is 28.1 Å². The maximum atomic E-state index is 13.8. The van der Waals surface area contributed by atoms with E-state index in [1.807, 2.05) is 0 Å². The summed E-state index contributed by atoms with van der Waals surface area (Å²) < 4.78 is 57.0. The first-order chi connectivity index (χ1) is 17.1. The number of hydrogen-bond donors (Lipinski definition) is 1. The summed E-state index contributed by atoms with van der Waals surface area (Å²) in [6.45, 7) is 1.45. The normalized spacial score (nSPS) is 11.5. The molecule has 5 nitrogen and oxygen atoms in total. The Balaban J connectivity index is 2.13. The van der Waals surface area contributed by atoms with Crippen molar-refractivity contribution in [1.82, 2.24) is 9.78 Å². The summed E-state index contributed by atoms with van der Waals surface area (Å²) >= 11 is 3.37. The van der Waals surface area contributed by atoms with Gasteiger partial charge in [-0.05, 0) is 60.5 Å². The number of nitrogen functional groups attached to an aromatic ring is 1. The standard InChI is InChI=1S/C26H21BrF4N4O/c1-2-15-34(25(36)26(29,30)31)24-22(16-7-11-18(27)12-8-16)23(17-9-13-19(28)14-10-17)35(33-24)21-6-4-3-5-20(21)32/h3-14H,2,15,32H2,1H3. The van der Waals surface area contributed by atoms with E-state index in [2.05, 4.69) is 21.0 Å². The molecule has 0 aliphatic carbocycles. The molecule has 0 atom stereocenters. The fourth-order valence-corrected chi connectivity index (χ4v) is 4.15. The molecule has 4 rings (SSSR count). The van der Waals surface area contributed by atoms with Crippen molar-refractivity contribution in [2.45, 2.75) is 19.5 Å². The minimum atomic E-state index is -5.11. The summed E-state index contributed by atoms with van der Waals surface area (Å²) in [5.74, 6) is -2.68. The number of aromatic nitrogens is 2. The maximum absolute atomic E-state index is 13.8. The van der Waals surface area contributed by atoms with Crippen LogP contribution in [0.4, 0.5) is 29.1 Å². The number of benzene rings is 3. The van der Waals surface area contributed by atoms with Crippen molar-refractivity contribution in [2.24, 2.45) is 0 Å². The Morgan fingerprint density at radius 2 is 1.61 bits per heavy atom. The van der Waals surface area contributed by atoms with Gasteiger partial charge in [0.25, 0.3) is 0 Å². The van der Waals surface area contributed by atoms with Crippen LogP contribution in [0.15, 0.2) is 77.3 Å². The van der Waals surface area contributed by atoms with Crippen LogP contribution >= 0.6 is 15.9 Å². The Morgan fingerprint density at radius 3 is 2.19 bits per heavy atom. The van der Waals surface area contributed by atoms with Gasteiger partial charge in [0.05, 0.1) is 22.6 Å². The van der Waals surface area contributed by atoms with E-state index in [1.54, 1.807) is 55.5 Å². The predicted octanol–water partition coefficient (Wildman–Crippen LogP) is 7.00. The van der Waals surface area contributed by atoms with Gasteiger partial charge in [-0.1, -0.05) is 47.1 Å². The van der Waals surface area contributed by atoms with Crippen LogP contribution in [0.2, 0.25) is 0 Å². The Kier molecular flexibility index (Phi) is 7.16. The first-order valence-corrected chi connectivity index (χ1v) is 11.8. The summed E-state index contributed by atoms with van der Waals surface area (Å²) in [4.78, 5) is 13.2. The Hall–Kier alpha value is -3.66. The average molecular weight is 561 g/mol. The summed E-state index contributed by atoms with van der Waals surface area (Å²) in [5, 5.41) is 4.53. The molecule has 0 saturated heterocycles. The van der Waals surface area contributed by atoms with Gasteiger partial charge in [0.1, 0.15) is 5.82 Å². The second kappa shape index (κ2) is 10.1. The summed E-state index contributed by atoms with van der Waals surface area (Å²) in [6.07, 6.45) is -4.86. The molecule has 0 radical (unpaired) electrons. The number of hydrogen-bond acceptors (Lipinski definition) is 3. The highest BCUT2D eigenvalue weighted by Crippen LogP contribution is 2.43. The lowest BCUT2D eigenvalue weighted by Crippen LogP contribution is -2.42. The highest BCUT2D eigenvalue weighted by atomic mass is 79.9. The Labute approximate surface area is 213 Å². The number of carbonyl (C=O) groups excluding carboxylic acids is 1. The lowest BCUT2D eigenvalue weighted by molar-refractivity contribution is -0.170. The van der Waals surface area contributed by atoms with Crippen LogP contribution in [0.1, 0.15) is 13.3 Å². The molecule has 0 spiro atoms. The van der Waals surface area contributed by atoms with Gasteiger partial charge in [-0.25, -0.2) is 9.07 Å². The monoisotopic (exact) mass is 560 g/mol. The van der Waals surface area contributed by atoms with Gasteiger partial charge in [0.2, 0.25) is 0 Å². The zero-order valence-corrected chi connectivity index (χ0v) is 20.6. The van der Waals surface area contributed by atoms with Crippen molar-refractivity contribution in [3.63, 3.8) is 0 Å². The molecule has 0 saturated carbocycles. The molecule has 1 heterocycles. The smallest absolute Gasteiger partial charge is 0.397 e. The Morgan fingerprint density at radius 1 is 1.00 bits per heavy atom. The molecule has 36 heavy (non-hydrogen) atoms. The number of rotatable bonds is 6. The minimum Gasteiger partial charge on any atom is -0.397 e. The number of alkyl halides is 3. The molecule has 0 fully saturated rings. The highest BCUT2D eigenvalue weighted by molar-refractivity contribution is 9.10. The second-order valence-corrected chi connectivity index (χ2v) is 8.90. The topological polar surface area (TPSA) is 64.2 Å². The Bertz CT molecular complexity index is 1380. The number of anilines is 2. The van der Waals surface area contributed by atoms with Gasteiger partial charge in [-0.3, -0.25) is 9.69 Å². The third-order valence-electron chi connectivity index (χ3n) is 5.47. The molecular weight excluding hydrogens is 540 g/mol. The lowest BCUT2D eigenvalue weighted by Gasteiger charge is -2.22. The van der Waals surface area contributed by atoms with E-state index in [0.29, 0.717) is 33.1 Å². The van der Waals surface area contributed by atoms with Crippen LogP contribution in [-0.4, -0.2) is 28.4 Å². The lowest BCUT2D eigenvalue weighted by atomic mass is 9.99. The molecule has 0 aliphatic heterocycles. The predicted molar refractivity (Wildman–Crippen MR) is 135 cm³/mol. The van der Waals surface area contributed by atoms with Crippen LogP contribution < -0.4 is 10.6 Å². The van der Waals surface area contributed by atoms with Crippen molar-refractivity contribution in [2.75, 3.05) is 17.2 Å². The number of amides is 1. The van der Waals surface area contributed by atoms with Gasteiger partial charge < -0.3 is 5.73 Å². The molecule has 0 aliphatic rings. The highest BCUT2D eigenvalue weighted by Gasteiger charge is 2.44. The quantitative estimate of drug-likeness (QED) is 0.204. The molecule has 0 bridgehead atoms. The number of para-hydroxylation sites is 2. The number of halogens is 5. The van der Waals surface area contributed by atoms with Crippen LogP contribution in [0.3, 0.4) is 0 Å². The second-order valence-electron chi connectivity index (χ2n) is 7.99. The molecular formula is C26H21BrF4N4O. The van der Waals surface area contributed by atoms with E-state index in [0.717, 1.165) is 4.47 Å². The molecule has 4 aromatic rings. The molecule has 10 heteroatoms. The van der Waals surface area contributed by atoms with Crippen LogP contribution in [0.5, 0.6) is 0 Å². The SMILES string of the molecule is CCCN(C(=O)C(F)(F)F)c1nn(-c2ccccc2N)c(-c2ccc(F)cc2)c1-c1ccc(Br)cc1. The van der Waals surface area contributed by atoms with Gasteiger partial charge in [-0.2, -0.15) is 13.2 Å². The summed E-state index contributed by atoms with van der Waals surface area (Å²) in [6, 6.07) is 19.1. The van der Waals surface area contributed by atoms with Crippen LogP contribution in [0.25, 0.3) is 28.1 Å². The maximum Gasteiger partial charge on any atom is 0.471 e. The van der Waals surface area contributed by atoms with Crippen molar-refractivity contribution < 1.29 is 22.4 Å². The van der Waals surface area contributed by atoms with E-state index >= 15 is 0 Å². The molecule has 1 amide bonds. The minimum absolute atomic E-state index is 0.177. The van der Waals surface area contributed by atoms with E-state index in [-0.39, 0.29) is 24.3 Å². The number of nitrogens with zero attached hydrogens (tertiary/aromatic N) is 3. The molecule has 186 valence electrons. The molecule has 1 aromatic heterocycles. The largest absolute Gasteiger partial charge is 0.471 e. The van der Waals surface area contributed by atoms with Gasteiger partial charge >= 0.3 is 12.1 Å². The van der Waals surface area contributed by atoms with E-state index in [1.165, 1.54) is 28.9 Å². The van der Waals surface area contributed by atoms with Crippen molar-refractivity contribution in [1.29, 1.82) is 0 Å². The zero-order chi connectivity index (χ0) is 26.0. The number of carbonyl (C=O) groups is 1. The van der Waals surface area contributed by atoms with E-state index in [9.17, 15) is 22.4 Å². The number of nitrogens with two attached hydrogens (primary N) is 1. The molecule has 2 N–H and O–H groups in total. The van der Waals surface area contributed by atoms with Gasteiger partial charge in [-0.15, -0.1) is 5.10 Å².